The van der Waals surface area contributed by atoms with Crippen molar-refractivity contribution in [1.82, 2.24) is 4.90 Å². The highest BCUT2D eigenvalue weighted by Crippen LogP contribution is 2.16. The maximum Gasteiger partial charge on any atom is 0.222 e. The monoisotopic (exact) mass is 313 g/mol. The minimum atomic E-state index is 0.132. The molecule has 0 unspecified atom stereocenters. The average Bonchev–Trinajstić information content (AvgIpc) is 2.61. The number of hydrogen-bond donors (Lipinski definition) is 0. The zero-order chi connectivity index (χ0) is 16.5. The van der Waals surface area contributed by atoms with E-state index in [1.54, 1.807) is 12.0 Å². The van der Waals surface area contributed by atoms with Crippen molar-refractivity contribution in [3.8, 4) is 11.5 Å². The number of benzene rings is 2. The van der Waals surface area contributed by atoms with E-state index < -0.39 is 0 Å². The van der Waals surface area contributed by atoms with E-state index in [1.165, 1.54) is 5.56 Å². The molecule has 4 nitrogen and oxygen atoms in total. The Hall–Kier alpha value is -2.49. The standard InChI is InChI=1S/C19H23NO3/c1-20(19(21)13-8-16-6-4-3-5-7-16)14-15-23-18-11-9-17(22-2)10-12-18/h3-7,9-12H,8,13-15H2,1-2H3. The predicted molar refractivity (Wildman–Crippen MR) is 90.9 cm³/mol. The Balaban J connectivity index is 1.69. The molecule has 0 N–H and O–H groups in total. The van der Waals surface area contributed by atoms with E-state index in [0.29, 0.717) is 19.6 Å². The normalized spacial score (nSPS) is 10.2. The second-order valence-corrected chi connectivity index (χ2v) is 5.32. The van der Waals surface area contributed by atoms with E-state index >= 15 is 0 Å². The molecule has 0 saturated carbocycles. The van der Waals surface area contributed by atoms with Crippen LogP contribution in [0.25, 0.3) is 0 Å². The first kappa shape index (κ1) is 16.9. The van der Waals surface area contributed by atoms with Gasteiger partial charge in [-0.05, 0) is 36.2 Å². The van der Waals surface area contributed by atoms with Gasteiger partial charge in [0.05, 0.1) is 13.7 Å². The van der Waals surface area contributed by atoms with Gasteiger partial charge in [-0.1, -0.05) is 30.3 Å². The van der Waals surface area contributed by atoms with Crippen LogP contribution in [0.3, 0.4) is 0 Å². The van der Waals surface area contributed by atoms with Gasteiger partial charge in [0.15, 0.2) is 0 Å². The predicted octanol–water partition coefficient (Wildman–Crippen LogP) is 3.17. The fourth-order valence-electron chi connectivity index (χ4n) is 2.18. The number of ether oxygens (including phenoxy) is 2. The van der Waals surface area contributed by atoms with Crippen LogP contribution in [0.15, 0.2) is 54.6 Å². The number of carbonyl (C=O) groups is 1. The van der Waals surface area contributed by atoms with Crippen molar-refractivity contribution in [2.75, 3.05) is 27.3 Å². The van der Waals surface area contributed by atoms with E-state index in [-0.39, 0.29) is 5.91 Å². The van der Waals surface area contributed by atoms with Crippen molar-refractivity contribution in [1.29, 1.82) is 0 Å². The summed E-state index contributed by atoms with van der Waals surface area (Å²) in [6.45, 7) is 1.04. The summed E-state index contributed by atoms with van der Waals surface area (Å²) >= 11 is 0. The SMILES string of the molecule is COc1ccc(OCCN(C)C(=O)CCc2ccccc2)cc1. The van der Waals surface area contributed by atoms with Crippen LogP contribution in [0.5, 0.6) is 11.5 Å². The molecule has 0 aliphatic heterocycles. The highest BCUT2D eigenvalue weighted by atomic mass is 16.5. The Morgan fingerprint density at radius 1 is 1.00 bits per heavy atom. The van der Waals surface area contributed by atoms with Crippen molar-refractivity contribution < 1.29 is 14.3 Å². The molecule has 4 heteroatoms. The highest BCUT2D eigenvalue weighted by molar-refractivity contribution is 5.76. The molecule has 0 bridgehead atoms. The van der Waals surface area contributed by atoms with Crippen LogP contribution >= 0.6 is 0 Å². The molecule has 0 heterocycles. The Morgan fingerprint density at radius 3 is 2.30 bits per heavy atom. The van der Waals surface area contributed by atoms with Gasteiger partial charge in [0, 0.05) is 13.5 Å². The molecule has 0 fully saturated rings. The van der Waals surface area contributed by atoms with Crippen molar-refractivity contribution >= 4 is 5.91 Å². The van der Waals surface area contributed by atoms with Crippen molar-refractivity contribution in [3.05, 3.63) is 60.2 Å². The van der Waals surface area contributed by atoms with Gasteiger partial charge >= 0.3 is 0 Å². The van der Waals surface area contributed by atoms with Crippen LogP contribution in [0, 0.1) is 0 Å². The molecule has 2 aromatic carbocycles. The van der Waals surface area contributed by atoms with Crippen molar-refractivity contribution in [2.24, 2.45) is 0 Å². The first-order valence-corrected chi connectivity index (χ1v) is 7.74. The molecule has 23 heavy (non-hydrogen) atoms. The van der Waals surface area contributed by atoms with E-state index in [1.807, 2.05) is 61.6 Å². The maximum absolute atomic E-state index is 12.1. The summed E-state index contributed by atoms with van der Waals surface area (Å²) in [6, 6.07) is 17.5. The zero-order valence-corrected chi connectivity index (χ0v) is 13.7. The lowest BCUT2D eigenvalue weighted by molar-refractivity contribution is -0.130. The van der Waals surface area contributed by atoms with E-state index in [0.717, 1.165) is 17.9 Å². The van der Waals surface area contributed by atoms with Gasteiger partial charge in [0.1, 0.15) is 18.1 Å². The minimum Gasteiger partial charge on any atom is -0.497 e. The van der Waals surface area contributed by atoms with Crippen LogP contribution in [-0.2, 0) is 11.2 Å². The summed E-state index contributed by atoms with van der Waals surface area (Å²) in [5.74, 6) is 1.70. The van der Waals surface area contributed by atoms with Crippen LogP contribution in [-0.4, -0.2) is 38.1 Å². The van der Waals surface area contributed by atoms with E-state index in [4.69, 9.17) is 9.47 Å². The van der Waals surface area contributed by atoms with Crippen LogP contribution in [0.4, 0.5) is 0 Å². The Bertz CT molecular complexity index is 596. The maximum atomic E-state index is 12.1. The summed E-state index contributed by atoms with van der Waals surface area (Å²) in [7, 11) is 3.44. The molecular formula is C19H23NO3. The average molecular weight is 313 g/mol. The topological polar surface area (TPSA) is 38.8 Å². The number of likely N-dealkylation sites (N-methyl/N-ethyl adjacent to an activating group) is 1. The third-order valence-electron chi connectivity index (χ3n) is 3.65. The lowest BCUT2D eigenvalue weighted by atomic mass is 10.1. The molecule has 0 saturated heterocycles. The number of nitrogens with zero attached hydrogens (tertiary/aromatic N) is 1. The Kier molecular flexibility index (Phi) is 6.48. The summed E-state index contributed by atoms with van der Waals surface area (Å²) in [4.78, 5) is 13.8. The lowest BCUT2D eigenvalue weighted by Gasteiger charge is -2.17. The fraction of sp³-hybridized carbons (Fsp3) is 0.316. The fourth-order valence-corrected chi connectivity index (χ4v) is 2.18. The summed E-state index contributed by atoms with van der Waals surface area (Å²) in [6.07, 6.45) is 1.28. The zero-order valence-electron chi connectivity index (χ0n) is 13.7. The molecule has 1 amide bonds. The van der Waals surface area contributed by atoms with Gasteiger partial charge < -0.3 is 14.4 Å². The number of hydrogen-bond acceptors (Lipinski definition) is 3. The van der Waals surface area contributed by atoms with Gasteiger partial charge in [-0.15, -0.1) is 0 Å². The largest absolute Gasteiger partial charge is 0.497 e. The highest BCUT2D eigenvalue weighted by Gasteiger charge is 2.08. The van der Waals surface area contributed by atoms with Gasteiger partial charge in [-0.25, -0.2) is 0 Å². The molecule has 0 aromatic heterocycles. The Labute approximate surface area is 137 Å². The number of amides is 1. The van der Waals surface area contributed by atoms with Gasteiger partial charge in [0.2, 0.25) is 5.91 Å². The molecule has 0 aliphatic carbocycles. The summed E-state index contributed by atoms with van der Waals surface area (Å²) in [5.41, 5.74) is 1.18. The van der Waals surface area contributed by atoms with Gasteiger partial charge in [0.25, 0.3) is 0 Å². The number of aryl methyl sites for hydroxylation is 1. The number of rotatable bonds is 8. The minimum absolute atomic E-state index is 0.132. The van der Waals surface area contributed by atoms with Crippen LogP contribution in [0.2, 0.25) is 0 Å². The van der Waals surface area contributed by atoms with Crippen LogP contribution < -0.4 is 9.47 Å². The first-order chi connectivity index (χ1) is 11.2. The summed E-state index contributed by atoms with van der Waals surface area (Å²) < 4.78 is 10.7. The molecular weight excluding hydrogens is 290 g/mol. The second-order valence-electron chi connectivity index (χ2n) is 5.32. The summed E-state index contributed by atoms with van der Waals surface area (Å²) in [5, 5.41) is 0. The van der Waals surface area contributed by atoms with Gasteiger partial charge in [-0.2, -0.15) is 0 Å². The third-order valence-corrected chi connectivity index (χ3v) is 3.65. The van der Waals surface area contributed by atoms with Crippen molar-refractivity contribution in [2.45, 2.75) is 12.8 Å². The number of carbonyl (C=O) groups excluding carboxylic acids is 1. The molecule has 2 rings (SSSR count). The third kappa shape index (κ3) is 5.66. The molecule has 0 aliphatic rings. The lowest BCUT2D eigenvalue weighted by Crippen LogP contribution is -2.31. The quantitative estimate of drug-likeness (QED) is 0.751. The molecule has 0 radical (unpaired) electrons. The molecule has 0 atom stereocenters. The smallest absolute Gasteiger partial charge is 0.222 e. The second kappa shape index (κ2) is 8.83. The first-order valence-electron chi connectivity index (χ1n) is 7.74. The van der Waals surface area contributed by atoms with Crippen LogP contribution in [0.1, 0.15) is 12.0 Å². The van der Waals surface area contributed by atoms with E-state index in [9.17, 15) is 4.79 Å². The Morgan fingerprint density at radius 2 is 1.65 bits per heavy atom. The van der Waals surface area contributed by atoms with E-state index in [2.05, 4.69) is 0 Å². The molecule has 122 valence electrons. The number of methoxy groups -OCH3 is 1. The van der Waals surface area contributed by atoms with Gasteiger partial charge in [-0.3, -0.25) is 4.79 Å². The molecule has 2 aromatic rings. The molecule has 0 spiro atoms. The van der Waals surface area contributed by atoms with Crippen molar-refractivity contribution in [3.63, 3.8) is 0 Å².